The van der Waals surface area contributed by atoms with Gasteiger partial charge in [0, 0.05) is 32.7 Å². The minimum Gasteiger partial charge on any atom is -0.296 e. The van der Waals surface area contributed by atoms with Crippen LogP contribution in [0.1, 0.15) is 5.56 Å². The highest BCUT2D eigenvalue weighted by molar-refractivity contribution is 5.85. The fraction of sp³-hybridized carbons (Fsp3) is 0.455. The van der Waals surface area contributed by atoms with Crippen LogP contribution in [0.25, 0.3) is 0 Å². The third-order valence-electron chi connectivity index (χ3n) is 2.66. The van der Waals surface area contributed by atoms with E-state index in [9.17, 15) is 0 Å². The average molecular weight is 228 g/mol. The summed E-state index contributed by atoms with van der Waals surface area (Å²) < 4.78 is 0. The predicted molar refractivity (Wildman–Crippen MR) is 64.7 cm³/mol. The molecule has 15 heavy (non-hydrogen) atoms. The van der Waals surface area contributed by atoms with Gasteiger partial charge in [0.1, 0.15) is 0 Å². The fourth-order valence-corrected chi connectivity index (χ4v) is 1.76. The number of hydrogen-bond donors (Lipinski definition) is 1. The number of nitrogens with two attached hydrogens (primary N) is 1. The second-order valence-electron chi connectivity index (χ2n) is 3.80. The van der Waals surface area contributed by atoms with Crippen molar-refractivity contribution < 1.29 is 0 Å². The molecule has 0 bridgehead atoms. The van der Waals surface area contributed by atoms with E-state index in [4.69, 9.17) is 5.84 Å². The molecule has 1 saturated heterocycles. The molecule has 2 rings (SSSR count). The lowest BCUT2D eigenvalue weighted by Gasteiger charge is -2.31. The normalized spacial score (nSPS) is 18.5. The lowest BCUT2D eigenvalue weighted by Crippen LogP contribution is -2.48. The van der Waals surface area contributed by atoms with Crippen LogP contribution in [-0.4, -0.2) is 36.1 Å². The molecule has 1 fully saturated rings. The molecule has 1 aromatic carbocycles. The topological polar surface area (TPSA) is 32.5 Å². The molecule has 0 saturated carbocycles. The van der Waals surface area contributed by atoms with Crippen LogP contribution in [-0.2, 0) is 6.54 Å². The van der Waals surface area contributed by atoms with E-state index in [-0.39, 0.29) is 12.4 Å². The Hall–Kier alpha value is -0.610. The lowest BCUT2D eigenvalue weighted by atomic mass is 10.2. The van der Waals surface area contributed by atoms with Crippen LogP contribution in [0.15, 0.2) is 30.3 Å². The third kappa shape index (κ3) is 3.80. The molecule has 0 aromatic heterocycles. The first-order chi connectivity index (χ1) is 6.84. The molecule has 1 aliphatic rings. The predicted octanol–water partition coefficient (Wildman–Crippen LogP) is 1.10. The van der Waals surface area contributed by atoms with Crippen LogP contribution in [0.4, 0.5) is 0 Å². The van der Waals surface area contributed by atoms with Gasteiger partial charge in [0.05, 0.1) is 0 Å². The Labute approximate surface area is 97.2 Å². The number of rotatable bonds is 2. The fourth-order valence-electron chi connectivity index (χ4n) is 1.76. The van der Waals surface area contributed by atoms with Crippen LogP contribution in [0.5, 0.6) is 0 Å². The van der Waals surface area contributed by atoms with E-state index in [0.29, 0.717) is 0 Å². The van der Waals surface area contributed by atoms with Gasteiger partial charge in [-0.25, -0.2) is 5.01 Å². The zero-order chi connectivity index (χ0) is 9.80. The molecule has 0 aliphatic carbocycles. The Kier molecular flexibility index (Phi) is 5.05. The zero-order valence-electron chi connectivity index (χ0n) is 8.80. The van der Waals surface area contributed by atoms with Crippen molar-refractivity contribution in [2.45, 2.75) is 6.54 Å². The molecule has 0 atom stereocenters. The van der Waals surface area contributed by atoms with Crippen molar-refractivity contribution >= 4 is 12.4 Å². The van der Waals surface area contributed by atoms with Crippen LogP contribution in [0.3, 0.4) is 0 Å². The zero-order valence-corrected chi connectivity index (χ0v) is 9.62. The number of hydrogen-bond acceptors (Lipinski definition) is 3. The molecular weight excluding hydrogens is 210 g/mol. The maximum absolute atomic E-state index is 5.70. The smallest absolute Gasteiger partial charge is 0.0257 e. The average Bonchev–Trinajstić information content (AvgIpc) is 2.23. The standard InChI is InChI=1S/C11H17N3.ClH/c12-14-8-6-13(7-9-14)10-11-4-2-1-3-5-11;/h1-5H,6-10,12H2;1H. The van der Waals surface area contributed by atoms with Gasteiger partial charge in [0.15, 0.2) is 0 Å². The first kappa shape index (κ1) is 12.5. The summed E-state index contributed by atoms with van der Waals surface area (Å²) in [5, 5.41) is 1.89. The molecular formula is C11H18ClN3. The molecule has 0 unspecified atom stereocenters. The number of benzene rings is 1. The van der Waals surface area contributed by atoms with E-state index in [1.165, 1.54) is 5.56 Å². The van der Waals surface area contributed by atoms with E-state index in [0.717, 1.165) is 32.7 Å². The van der Waals surface area contributed by atoms with Crippen molar-refractivity contribution in [1.29, 1.82) is 0 Å². The van der Waals surface area contributed by atoms with Crippen molar-refractivity contribution in [1.82, 2.24) is 9.91 Å². The molecule has 3 nitrogen and oxygen atoms in total. The van der Waals surface area contributed by atoms with Gasteiger partial charge >= 0.3 is 0 Å². The van der Waals surface area contributed by atoms with Gasteiger partial charge in [-0.05, 0) is 5.56 Å². The van der Waals surface area contributed by atoms with E-state index in [1.54, 1.807) is 0 Å². The van der Waals surface area contributed by atoms with Gasteiger partial charge in [0.2, 0.25) is 0 Å². The molecule has 1 aromatic rings. The number of hydrazine groups is 1. The van der Waals surface area contributed by atoms with Crippen molar-refractivity contribution in [2.75, 3.05) is 26.2 Å². The largest absolute Gasteiger partial charge is 0.296 e. The molecule has 1 aliphatic heterocycles. The second-order valence-corrected chi connectivity index (χ2v) is 3.80. The second kappa shape index (κ2) is 6.08. The molecule has 1 heterocycles. The Balaban J connectivity index is 0.00000112. The van der Waals surface area contributed by atoms with Gasteiger partial charge in [-0.3, -0.25) is 10.7 Å². The summed E-state index contributed by atoms with van der Waals surface area (Å²) in [6, 6.07) is 10.6. The SMILES string of the molecule is Cl.NN1CCN(Cc2ccccc2)CC1. The Morgan fingerprint density at radius 1 is 1.00 bits per heavy atom. The van der Waals surface area contributed by atoms with E-state index < -0.39 is 0 Å². The van der Waals surface area contributed by atoms with Gasteiger partial charge in [-0.2, -0.15) is 0 Å². The van der Waals surface area contributed by atoms with E-state index >= 15 is 0 Å². The molecule has 0 amide bonds. The summed E-state index contributed by atoms with van der Waals surface area (Å²) in [6.45, 7) is 5.16. The Morgan fingerprint density at radius 2 is 1.60 bits per heavy atom. The summed E-state index contributed by atoms with van der Waals surface area (Å²) in [7, 11) is 0. The van der Waals surface area contributed by atoms with Crippen molar-refractivity contribution in [3.8, 4) is 0 Å². The number of nitrogens with zero attached hydrogens (tertiary/aromatic N) is 2. The number of halogens is 1. The molecule has 4 heteroatoms. The van der Waals surface area contributed by atoms with Crippen LogP contribution >= 0.6 is 12.4 Å². The maximum Gasteiger partial charge on any atom is 0.0257 e. The highest BCUT2D eigenvalue weighted by atomic mass is 35.5. The van der Waals surface area contributed by atoms with Crippen LogP contribution in [0.2, 0.25) is 0 Å². The molecule has 84 valence electrons. The number of piperazine rings is 1. The highest BCUT2D eigenvalue weighted by Crippen LogP contribution is 2.06. The highest BCUT2D eigenvalue weighted by Gasteiger charge is 2.13. The van der Waals surface area contributed by atoms with Crippen LogP contribution in [0, 0.1) is 0 Å². The van der Waals surface area contributed by atoms with Crippen molar-refractivity contribution in [3.05, 3.63) is 35.9 Å². The first-order valence-corrected chi connectivity index (χ1v) is 5.10. The summed E-state index contributed by atoms with van der Waals surface area (Å²) in [5.74, 6) is 5.70. The van der Waals surface area contributed by atoms with Crippen LogP contribution < -0.4 is 5.84 Å². The summed E-state index contributed by atoms with van der Waals surface area (Å²) >= 11 is 0. The maximum atomic E-state index is 5.70. The van der Waals surface area contributed by atoms with E-state index in [2.05, 4.69) is 35.2 Å². The summed E-state index contributed by atoms with van der Waals surface area (Å²) in [4.78, 5) is 2.44. The molecule has 0 radical (unpaired) electrons. The van der Waals surface area contributed by atoms with Crippen molar-refractivity contribution in [3.63, 3.8) is 0 Å². The van der Waals surface area contributed by atoms with Gasteiger partial charge < -0.3 is 0 Å². The summed E-state index contributed by atoms with van der Waals surface area (Å²) in [5.41, 5.74) is 1.39. The van der Waals surface area contributed by atoms with Gasteiger partial charge in [0.25, 0.3) is 0 Å². The Morgan fingerprint density at radius 3 is 2.20 bits per heavy atom. The van der Waals surface area contributed by atoms with E-state index in [1.807, 2.05) is 5.01 Å². The summed E-state index contributed by atoms with van der Waals surface area (Å²) in [6.07, 6.45) is 0. The first-order valence-electron chi connectivity index (χ1n) is 5.10. The quantitative estimate of drug-likeness (QED) is 0.769. The minimum absolute atomic E-state index is 0. The monoisotopic (exact) mass is 227 g/mol. The van der Waals surface area contributed by atoms with Crippen molar-refractivity contribution in [2.24, 2.45) is 5.84 Å². The van der Waals surface area contributed by atoms with Gasteiger partial charge in [-0.15, -0.1) is 12.4 Å². The molecule has 0 spiro atoms. The molecule has 2 N–H and O–H groups in total. The Bertz CT molecular complexity index is 270. The minimum atomic E-state index is 0. The lowest BCUT2D eigenvalue weighted by molar-refractivity contribution is 0.128. The van der Waals surface area contributed by atoms with Gasteiger partial charge in [-0.1, -0.05) is 30.3 Å². The third-order valence-corrected chi connectivity index (χ3v) is 2.66.